The molecule has 0 saturated carbocycles. The fourth-order valence-electron chi connectivity index (χ4n) is 3.55. The Morgan fingerprint density at radius 3 is 2.20 bits per heavy atom. The van der Waals surface area contributed by atoms with Crippen molar-refractivity contribution >= 4 is 6.03 Å². The van der Waals surface area contributed by atoms with Crippen molar-refractivity contribution in [2.45, 2.75) is 38.1 Å². The number of rotatable bonds is 3. The third-order valence-electron chi connectivity index (χ3n) is 4.86. The molecular formula is C15H30N4O. The zero-order valence-electron chi connectivity index (χ0n) is 13.1. The van der Waals surface area contributed by atoms with E-state index in [2.05, 4.69) is 4.90 Å². The van der Waals surface area contributed by atoms with E-state index in [9.17, 15) is 4.79 Å². The van der Waals surface area contributed by atoms with Gasteiger partial charge in [-0.25, -0.2) is 4.79 Å². The van der Waals surface area contributed by atoms with Gasteiger partial charge in [-0.2, -0.15) is 0 Å². The normalized spacial score (nSPS) is 23.1. The molecule has 0 atom stereocenters. The Morgan fingerprint density at radius 1 is 1.10 bits per heavy atom. The second kappa shape index (κ2) is 7.27. The van der Waals surface area contributed by atoms with Crippen molar-refractivity contribution in [3.63, 3.8) is 0 Å². The number of nitrogens with zero attached hydrogens (tertiary/aromatic N) is 3. The lowest BCUT2D eigenvalue weighted by molar-refractivity contribution is 0.0797. The van der Waals surface area contributed by atoms with Crippen molar-refractivity contribution < 1.29 is 4.79 Å². The van der Waals surface area contributed by atoms with Crippen LogP contribution in [0.3, 0.4) is 0 Å². The average molecular weight is 282 g/mol. The second-order valence-corrected chi connectivity index (χ2v) is 6.45. The Labute approximate surface area is 123 Å². The van der Waals surface area contributed by atoms with Crippen LogP contribution < -0.4 is 5.73 Å². The summed E-state index contributed by atoms with van der Waals surface area (Å²) in [7, 11) is 3.66. The molecule has 2 aliphatic heterocycles. The predicted octanol–water partition coefficient (Wildman–Crippen LogP) is 1.19. The molecule has 2 amide bonds. The van der Waals surface area contributed by atoms with Crippen LogP contribution in [-0.4, -0.2) is 73.6 Å². The van der Waals surface area contributed by atoms with Crippen LogP contribution in [-0.2, 0) is 0 Å². The molecule has 0 spiro atoms. The van der Waals surface area contributed by atoms with Crippen LogP contribution in [0, 0.1) is 5.92 Å². The molecule has 2 fully saturated rings. The van der Waals surface area contributed by atoms with Crippen LogP contribution in [0.5, 0.6) is 0 Å². The first-order valence-corrected chi connectivity index (χ1v) is 8.02. The number of piperidine rings is 2. The maximum Gasteiger partial charge on any atom is 0.319 e. The maximum atomic E-state index is 11.9. The highest BCUT2D eigenvalue weighted by Crippen LogP contribution is 2.25. The second-order valence-electron chi connectivity index (χ2n) is 6.45. The molecule has 20 heavy (non-hydrogen) atoms. The number of hydrogen-bond acceptors (Lipinski definition) is 3. The standard InChI is InChI=1S/C15H30N4O/c1-17(2)15(20)19-11-6-14(7-12-19)18-9-4-13(3-8-16)5-10-18/h13-14H,3-12,16H2,1-2H3. The van der Waals surface area contributed by atoms with E-state index in [4.69, 9.17) is 5.73 Å². The van der Waals surface area contributed by atoms with E-state index in [-0.39, 0.29) is 6.03 Å². The van der Waals surface area contributed by atoms with Crippen LogP contribution in [0.25, 0.3) is 0 Å². The highest BCUT2D eigenvalue weighted by Gasteiger charge is 2.29. The lowest BCUT2D eigenvalue weighted by Crippen LogP contribution is -2.50. The fourth-order valence-corrected chi connectivity index (χ4v) is 3.55. The van der Waals surface area contributed by atoms with Crippen LogP contribution in [0.2, 0.25) is 0 Å². The molecule has 5 heteroatoms. The van der Waals surface area contributed by atoms with E-state index in [1.165, 1.54) is 32.4 Å². The summed E-state index contributed by atoms with van der Waals surface area (Å²) in [6.45, 7) is 5.08. The zero-order valence-corrected chi connectivity index (χ0v) is 13.1. The summed E-state index contributed by atoms with van der Waals surface area (Å²) in [6.07, 6.45) is 6.04. The van der Waals surface area contributed by atoms with Crippen molar-refractivity contribution in [1.82, 2.24) is 14.7 Å². The van der Waals surface area contributed by atoms with Crippen LogP contribution in [0.1, 0.15) is 32.1 Å². The Hall–Kier alpha value is -0.810. The number of nitrogens with two attached hydrogens (primary N) is 1. The molecule has 2 rings (SSSR count). The predicted molar refractivity (Wildman–Crippen MR) is 81.6 cm³/mol. The van der Waals surface area contributed by atoms with E-state index in [1.54, 1.807) is 4.90 Å². The minimum Gasteiger partial charge on any atom is -0.331 e. The van der Waals surface area contributed by atoms with Crippen molar-refractivity contribution in [2.75, 3.05) is 46.8 Å². The Kier molecular flexibility index (Phi) is 5.66. The molecule has 2 heterocycles. The van der Waals surface area contributed by atoms with Gasteiger partial charge in [0.2, 0.25) is 0 Å². The summed E-state index contributed by atoms with van der Waals surface area (Å²) in [4.78, 5) is 18.2. The maximum absolute atomic E-state index is 11.9. The molecule has 0 bridgehead atoms. The van der Waals surface area contributed by atoms with Gasteiger partial charge >= 0.3 is 6.03 Å². The SMILES string of the molecule is CN(C)C(=O)N1CCC(N2CCC(CCN)CC2)CC1. The molecule has 2 aliphatic rings. The number of likely N-dealkylation sites (tertiary alicyclic amines) is 2. The molecule has 0 aromatic carbocycles. The Balaban J connectivity index is 1.73. The molecule has 2 N–H and O–H groups in total. The number of carbonyl (C=O) groups excluding carboxylic acids is 1. The molecule has 0 aliphatic carbocycles. The van der Waals surface area contributed by atoms with Gasteiger partial charge in [-0.1, -0.05) is 0 Å². The Bertz CT molecular complexity index is 305. The quantitative estimate of drug-likeness (QED) is 0.846. The lowest BCUT2D eigenvalue weighted by atomic mass is 9.91. The first-order chi connectivity index (χ1) is 9.61. The minimum absolute atomic E-state index is 0.158. The first kappa shape index (κ1) is 15.6. The van der Waals surface area contributed by atoms with Gasteiger partial charge in [-0.15, -0.1) is 0 Å². The largest absolute Gasteiger partial charge is 0.331 e. The van der Waals surface area contributed by atoms with Gasteiger partial charge in [-0.05, 0) is 57.7 Å². The summed E-state index contributed by atoms with van der Waals surface area (Å²) < 4.78 is 0. The summed E-state index contributed by atoms with van der Waals surface area (Å²) in [5, 5.41) is 0. The number of hydrogen-bond donors (Lipinski definition) is 1. The smallest absolute Gasteiger partial charge is 0.319 e. The molecule has 0 radical (unpaired) electrons. The van der Waals surface area contributed by atoms with E-state index < -0.39 is 0 Å². The summed E-state index contributed by atoms with van der Waals surface area (Å²) in [5.41, 5.74) is 5.65. The van der Waals surface area contributed by atoms with E-state index in [1.807, 2.05) is 19.0 Å². The topological polar surface area (TPSA) is 52.8 Å². The number of urea groups is 1. The van der Waals surface area contributed by atoms with Gasteiger partial charge in [0, 0.05) is 33.2 Å². The van der Waals surface area contributed by atoms with Gasteiger partial charge in [-0.3, -0.25) is 0 Å². The monoisotopic (exact) mass is 282 g/mol. The zero-order chi connectivity index (χ0) is 14.5. The van der Waals surface area contributed by atoms with Crippen LogP contribution >= 0.6 is 0 Å². The van der Waals surface area contributed by atoms with Gasteiger partial charge in [0.15, 0.2) is 0 Å². The highest BCUT2D eigenvalue weighted by atomic mass is 16.2. The molecule has 5 nitrogen and oxygen atoms in total. The molecule has 0 aromatic heterocycles. The van der Waals surface area contributed by atoms with Gasteiger partial charge in [0.1, 0.15) is 0 Å². The minimum atomic E-state index is 0.158. The van der Waals surface area contributed by atoms with Crippen molar-refractivity contribution in [3.8, 4) is 0 Å². The molecule has 2 saturated heterocycles. The van der Waals surface area contributed by atoms with E-state index in [0.717, 1.165) is 38.4 Å². The molecule has 0 unspecified atom stereocenters. The summed E-state index contributed by atoms with van der Waals surface area (Å²) >= 11 is 0. The van der Waals surface area contributed by atoms with Crippen LogP contribution in [0.15, 0.2) is 0 Å². The Morgan fingerprint density at radius 2 is 1.70 bits per heavy atom. The summed E-state index contributed by atoms with van der Waals surface area (Å²) in [5.74, 6) is 0.839. The lowest BCUT2D eigenvalue weighted by Gasteiger charge is -2.42. The molecule has 116 valence electrons. The summed E-state index contributed by atoms with van der Waals surface area (Å²) in [6, 6.07) is 0.838. The van der Waals surface area contributed by atoms with Crippen molar-refractivity contribution in [3.05, 3.63) is 0 Å². The first-order valence-electron chi connectivity index (χ1n) is 8.02. The van der Waals surface area contributed by atoms with E-state index in [0.29, 0.717) is 6.04 Å². The fraction of sp³-hybridized carbons (Fsp3) is 0.933. The van der Waals surface area contributed by atoms with Crippen molar-refractivity contribution in [2.24, 2.45) is 11.7 Å². The number of carbonyl (C=O) groups is 1. The molecule has 0 aromatic rings. The molecular weight excluding hydrogens is 252 g/mol. The van der Waals surface area contributed by atoms with Gasteiger partial charge in [0.25, 0.3) is 0 Å². The number of amides is 2. The van der Waals surface area contributed by atoms with Gasteiger partial charge in [0.05, 0.1) is 0 Å². The average Bonchev–Trinajstić information content (AvgIpc) is 2.48. The van der Waals surface area contributed by atoms with Crippen molar-refractivity contribution in [1.29, 1.82) is 0 Å². The van der Waals surface area contributed by atoms with Crippen LogP contribution in [0.4, 0.5) is 4.79 Å². The van der Waals surface area contributed by atoms with Gasteiger partial charge < -0.3 is 20.4 Å². The third kappa shape index (κ3) is 3.85. The van der Waals surface area contributed by atoms with E-state index >= 15 is 0 Å². The highest BCUT2D eigenvalue weighted by molar-refractivity contribution is 5.73. The third-order valence-corrected chi connectivity index (χ3v) is 4.86.